The second kappa shape index (κ2) is 10.8. The molecule has 1 atom stereocenters. The molecule has 102 valence electrons. The molecule has 0 aliphatic carbocycles. The van der Waals surface area contributed by atoms with Crippen molar-refractivity contribution in [1.29, 1.82) is 0 Å². The largest absolute Gasteiger partial charge is 0.378 e. The van der Waals surface area contributed by atoms with Gasteiger partial charge in [0, 0.05) is 19.6 Å². The lowest BCUT2D eigenvalue weighted by molar-refractivity contribution is -0.122. The molecule has 17 heavy (non-hydrogen) atoms. The van der Waals surface area contributed by atoms with Crippen molar-refractivity contribution < 1.29 is 9.53 Å². The summed E-state index contributed by atoms with van der Waals surface area (Å²) < 4.78 is 5.58. The fraction of sp³-hybridized carbons (Fsp3) is 0.917. The minimum absolute atomic E-state index is 0. The molecule has 1 unspecified atom stereocenters. The second-order valence-corrected chi connectivity index (χ2v) is 4.33. The van der Waals surface area contributed by atoms with Crippen LogP contribution in [0, 0.1) is 0 Å². The van der Waals surface area contributed by atoms with Gasteiger partial charge in [-0.3, -0.25) is 4.79 Å². The number of amides is 1. The van der Waals surface area contributed by atoms with Crippen LogP contribution in [-0.2, 0) is 9.53 Å². The van der Waals surface area contributed by atoms with E-state index in [9.17, 15) is 4.79 Å². The minimum atomic E-state index is 0. The summed E-state index contributed by atoms with van der Waals surface area (Å²) in [5, 5.41) is 5.98. The van der Waals surface area contributed by atoms with Gasteiger partial charge in [0.05, 0.1) is 6.10 Å². The quantitative estimate of drug-likeness (QED) is 0.685. The molecule has 1 saturated heterocycles. The lowest BCUT2D eigenvalue weighted by Gasteiger charge is -2.22. The van der Waals surface area contributed by atoms with E-state index in [1.54, 1.807) is 0 Å². The summed E-state index contributed by atoms with van der Waals surface area (Å²) in [4.78, 5) is 11.5. The van der Waals surface area contributed by atoms with Gasteiger partial charge in [-0.15, -0.1) is 12.4 Å². The number of carbonyl (C=O) groups is 1. The molecule has 0 radical (unpaired) electrons. The van der Waals surface area contributed by atoms with Crippen molar-refractivity contribution in [2.24, 2.45) is 0 Å². The Labute approximate surface area is 110 Å². The number of ether oxygens (including phenoxy) is 1. The maximum atomic E-state index is 11.5. The van der Waals surface area contributed by atoms with Crippen LogP contribution in [0.15, 0.2) is 0 Å². The van der Waals surface area contributed by atoms with Crippen molar-refractivity contribution in [2.75, 3.05) is 26.7 Å². The van der Waals surface area contributed by atoms with Crippen molar-refractivity contribution >= 4 is 18.3 Å². The molecule has 1 rings (SSSR count). The molecule has 0 bridgehead atoms. The van der Waals surface area contributed by atoms with Gasteiger partial charge in [0.15, 0.2) is 0 Å². The first-order valence-electron chi connectivity index (χ1n) is 6.36. The second-order valence-electron chi connectivity index (χ2n) is 4.33. The van der Waals surface area contributed by atoms with Crippen LogP contribution >= 0.6 is 12.4 Å². The molecule has 1 aliphatic rings. The molecule has 0 aromatic heterocycles. The van der Waals surface area contributed by atoms with Crippen molar-refractivity contribution in [1.82, 2.24) is 10.6 Å². The van der Waals surface area contributed by atoms with Gasteiger partial charge in [-0.1, -0.05) is 0 Å². The van der Waals surface area contributed by atoms with Crippen LogP contribution in [-0.4, -0.2) is 38.8 Å². The summed E-state index contributed by atoms with van der Waals surface area (Å²) in [5.41, 5.74) is 0. The molecule has 1 heterocycles. The zero-order valence-electron chi connectivity index (χ0n) is 10.7. The Morgan fingerprint density at radius 3 is 2.82 bits per heavy atom. The number of halogens is 1. The molecule has 1 fully saturated rings. The van der Waals surface area contributed by atoms with Crippen LogP contribution in [0.1, 0.15) is 38.5 Å². The average Bonchev–Trinajstić information content (AvgIpc) is 2.33. The van der Waals surface area contributed by atoms with Gasteiger partial charge in [-0.05, 0) is 45.7 Å². The zero-order chi connectivity index (χ0) is 11.6. The van der Waals surface area contributed by atoms with Gasteiger partial charge >= 0.3 is 0 Å². The molecule has 0 saturated carbocycles. The summed E-state index contributed by atoms with van der Waals surface area (Å²) in [6, 6.07) is 0. The number of carbonyl (C=O) groups excluding carboxylic acids is 1. The minimum Gasteiger partial charge on any atom is -0.378 e. The topological polar surface area (TPSA) is 50.4 Å². The van der Waals surface area contributed by atoms with E-state index in [0.717, 1.165) is 39.0 Å². The zero-order valence-corrected chi connectivity index (χ0v) is 11.5. The standard InChI is InChI=1S/C12H24N2O2.ClH/c1-13-8-4-9-14-12(15)7-6-11-5-2-3-10-16-11;/h11,13H,2-10H2,1H3,(H,14,15);1H. The van der Waals surface area contributed by atoms with Crippen LogP contribution in [0.3, 0.4) is 0 Å². The van der Waals surface area contributed by atoms with Gasteiger partial charge < -0.3 is 15.4 Å². The van der Waals surface area contributed by atoms with E-state index in [4.69, 9.17) is 4.74 Å². The molecular weight excluding hydrogens is 240 g/mol. The summed E-state index contributed by atoms with van der Waals surface area (Å²) in [6.07, 6.45) is 6.31. The monoisotopic (exact) mass is 264 g/mol. The molecule has 0 aromatic carbocycles. The molecule has 1 amide bonds. The van der Waals surface area contributed by atoms with Gasteiger partial charge in [0.25, 0.3) is 0 Å². The van der Waals surface area contributed by atoms with Crippen LogP contribution in [0.25, 0.3) is 0 Å². The molecule has 2 N–H and O–H groups in total. The molecule has 1 aliphatic heterocycles. The van der Waals surface area contributed by atoms with Gasteiger partial charge in [0.2, 0.25) is 5.91 Å². The third-order valence-corrected chi connectivity index (χ3v) is 2.89. The Balaban J connectivity index is 0.00000256. The highest BCUT2D eigenvalue weighted by Crippen LogP contribution is 2.16. The first-order valence-corrected chi connectivity index (χ1v) is 6.36. The number of hydrogen-bond acceptors (Lipinski definition) is 3. The number of rotatable bonds is 7. The Hall–Kier alpha value is -0.320. The Morgan fingerprint density at radius 2 is 2.18 bits per heavy atom. The van der Waals surface area contributed by atoms with Gasteiger partial charge in [-0.2, -0.15) is 0 Å². The highest BCUT2D eigenvalue weighted by Gasteiger charge is 2.14. The smallest absolute Gasteiger partial charge is 0.220 e. The van der Waals surface area contributed by atoms with E-state index < -0.39 is 0 Å². The van der Waals surface area contributed by atoms with E-state index in [2.05, 4.69) is 10.6 Å². The number of nitrogens with one attached hydrogen (secondary N) is 2. The van der Waals surface area contributed by atoms with E-state index in [1.807, 2.05) is 7.05 Å². The van der Waals surface area contributed by atoms with Crippen molar-refractivity contribution in [3.63, 3.8) is 0 Å². The van der Waals surface area contributed by atoms with E-state index in [0.29, 0.717) is 12.5 Å². The Kier molecular flexibility index (Phi) is 10.6. The Bertz CT molecular complexity index is 197. The summed E-state index contributed by atoms with van der Waals surface area (Å²) in [5.74, 6) is 0.158. The summed E-state index contributed by atoms with van der Waals surface area (Å²) in [6.45, 7) is 2.59. The van der Waals surface area contributed by atoms with Gasteiger partial charge in [0.1, 0.15) is 0 Å². The first kappa shape index (κ1) is 16.7. The lowest BCUT2D eigenvalue weighted by atomic mass is 10.0. The van der Waals surface area contributed by atoms with Crippen LogP contribution in [0.4, 0.5) is 0 Å². The van der Waals surface area contributed by atoms with Crippen LogP contribution in [0.2, 0.25) is 0 Å². The lowest BCUT2D eigenvalue weighted by Crippen LogP contribution is -2.28. The summed E-state index contributed by atoms with van der Waals surface area (Å²) in [7, 11) is 1.92. The highest BCUT2D eigenvalue weighted by molar-refractivity contribution is 5.85. The molecule has 0 spiro atoms. The van der Waals surface area contributed by atoms with E-state index >= 15 is 0 Å². The van der Waals surface area contributed by atoms with Crippen LogP contribution < -0.4 is 10.6 Å². The van der Waals surface area contributed by atoms with Crippen molar-refractivity contribution in [3.05, 3.63) is 0 Å². The Morgan fingerprint density at radius 1 is 1.35 bits per heavy atom. The average molecular weight is 265 g/mol. The predicted octanol–water partition coefficient (Wildman–Crippen LogP) is 1.48. The molecule has 0 aromatic rings. The summed E-state index contributed by atoms with van der Waals surface area (Å²) >= 11 is 0. The van der Waals surface area contributed by atoms with Crippen molar-refractivity contribution in [3.8, 4) is 0 Å². The van der Waals surface area contributed by atoms with Crippen molar-refractivity contribution in [2.45, 2.75) is 44.6 Å². The third kappa shape index (κ3) is 8.41. The fourth-order valence-corrected chi connectivity index (χ4v) is 1.91. The maximum absolute atomic E-state index is 11.5. The van der Waals surface area contributed by atoms with Crippen LogP contribution in [0.5, 0.6) is 0 Å². The van der Waals surface area contributed by atoms with E-state index in [1.165, 1.54) is 12.8 Å². The normalized spacial score (nSPS) is 19.5. The molecular formula is C12H25ClN2O2. The molecule has 5 heteroatoms. The molecule has 4 nitrogen and oxygen atoms in total. The predicted molar refractivity (Wildman–Crippen MR) is 71.6 cm³/mol. The number of hydrogen-bond donors (Lipinski definition) is 2. The third-order valence-electron chi connectivity index (χ3n) is 2.89. The SMILES string of the molecule is CNCCCNC(=O)CCC1CCCCO1.Cl. The van der Waals surface area contributed by atoms with E-state index in [-0.39, 0.29) is 18.3 Å². The van der Waals surface area contributed by atoms with Gasteiger partial charge in [-0.25, -0.2) is 0 Å². The first-order chi connectivity index (χ1) is 7.83. The highest BCUT2D eigenvalue weighted by atomic mass is 35.5. The maximum Gasteiger partial charge on any atom is 0.220 e. The fourth-order valence-electron chi connectivity index (χ4n) is 1.91.